The van der Waals surface area contributed by atoms with E-state index < -0.39 is 23.2 Å². The van der Waals surface area contributed by atoms with Crippen molar-refractivity contribution in [2.75, 3.05) is 7.11 Å². The van der Waals surface area contributed by atoms with Crippen LogP contribution in [0.5, 0.6) is 0 Å². The lowest BCUT2D eigenvalue weighted by Crippen LogP contribution is -2.25. The molecule has 0 amide bonds. The number of carbonyl (C=O) groups excluding carboxylic acids is 1. The lowest BCUT2D eigenvalue weighted by atomic mass is 10.2. The normalized spacial score (nSPS) is 10.3. The van der Waals surface area contributed by atoms with Crippen molar-refractivity contribution in [1.82, 2.24) is 9.78 Å². The molecule has 2 rings (SSSR count). The zero-order chi connectivity index (χ0) is 14.7. The lowest BCUT2D eigenvalue weighted by Gasteiger charge is -2.07. The molecule has 0 N–H and O–H groups in total. The van der Waals surface area contributed by atoms with Gasteiger partial charge in [0.1, 0.15) is 11.6 Å². The first-order valence-corrected chi connectivity index (χ1v) is 5.61. The van der Waals surface area contributed by atoms with Crippen LogP contribution in [0.25, 0.3) is 0 Å². The van der Waals surface area contributed by atoms with Crippen LogP contribution in [0.15, 0.2) is 35.1 Å². The minimum Gasteiger partial charge on any atom is -0.464 e. The third-order valence-electron chi connectivity index (χ3n) is 2.60. The second-order valence-corrected chi connectivity index (χ2v) is 3.94. The summed E-state index contributed by atoms with van der Waals surface area (Å²) in [5.74, 6) is -2.21. The van der Waals surface area contributed by atoms with E-state index in [1.165, 1.54) is 19.2 Å². The highest BCUT2D eigenvalue weighted by molar-refractivity contribution is 5.86. The standard InChI is InChI=1S/C13H10F2N2O3/c1-20-13(19)11-4-5-12(18)17(16-11)7-8-2-3-9(14)6-10(8)15/h2-6H,7H2,1H3. The summed E-state index contributed by atoms with van der Waals surface area (Å²) < 4.78 is 31.7. The van der Waals surface area contributed by atoms with Crippen molar-refractivity contribution in [1.29, 1.82) is 0 Å². The van der Waals surface area contributed by atoms with E-state index in [-0.39, 0.29) is 17.8 Å². The van der Waals surface area contributed by atoms with Crippen molar-refractivity contribution in [3.8, 4) is 0 Å². The molecule has 0 aliphatic heterocycles. The molecule has 1 aromatic heterocycles. The van der Waals surface area contributed by atoms with Crippen molar-refractivity contribution in [2.45, 2.75) is 6.54 Å². The smallest absolute Gasteiger partial charge is 0.358 e. The van der Waals surface area contributed by atoms with E-state index in [1.54, 1.807) is 0 Å². The SMILES string of the molecule is COC(=O)c1ccc(=O)n(Cc2ccc(F)cc2F)n1. The maximum absolute atomic E-state index is 13.5. The van der Waals surface area contributed by atoms with Gasteiger partial charge in [0.15, 0.2) is 5.69 Å². The van der Waals surface area contributed by atoms with E-state index in [9.17, 15) is 18.4 Å². The number of rotatable bonds is 3. The van der Waals surface area contributed by atoms with Crippen LogP contribution in [0.4, 0.5) is 8.78 Å². The van der Waals surface area contributed by atoms with Crippen LogP contribution < -0.4 is 5.56 Å². The maximum atomic E-state index is 13.5. The van der Waals surface area contributed by atoms with Crippen molar-refractivity contribution in [3.63, 3.8) is 0 Å². The van der Waals surface area contributed by atoms with Crippen molar-refractivity contribution < 1.29 is 18.3 Å². The average molecular weight is 280 g/mol. The van der Waals surface area contributed by atoms with E-state index in [1.807, 2.05) is 0 Å². The molecule has 0 saturated carbocycles. The Balaban J connectivity index is 2.37. The number of hydrogen-bond acceptors (Lipinski definition) is 4. The Bertz CT molecular complexity index is 713. The summed E-state index contributed by atoms with van der Waals surface area (Å²) in [7, 11) is 1.18. The van der Waals surface area contributed by atoms with Crippen LogP contribution >= 0.6 is 0 Å². The van der Waals surface area contributed by atoms with Gasteiger partial charge in [-0.15, -0.1) is 0 Å². The number of esters is 1. The first kappa shape index (κ1) is 13.9. The van der Waals surface area contributed by atoms with E-state index in [0.29, 0.717) is 6.07 Å². The van der Waals surface area contributed by atoms with Gasteiger partial charge in [-0.1, -0.05) is 6.07 Å². The van der Waals surface area contributed by atoms with Gasteiger partial charge in [0, 0.05) is 17.7 Å². The zero-order valence-electron chi connectivity index (χ0n) is 10.5. The molecule has 0 radical (unpaired) electrons. The fourth-order valence-corrected chi connectivity index (χ4v) is 1.59. The van der Waals surface area contributed by atoms with Crippen LogP contribution in [0.3, 0.4) is 0 Å². The van der Waals surface area contributed by atoms with E-state index in [0.717, 1.165) is 16.8 Å². The number of halogens is 2. The topological polar surface area (TPSA) is 61.2 Å². The van der Waals surface area contributed by atoms with Crippen molar-refractivity contribution in [2.24, 2.45) is 0 Å². The molecule has 104 valence electrons. The van der Waals surface area contributed by atoms with Crippen LogP contribution in [-0.2, 0) is 11.3 Å². The van der Waals surface area contributed by atoms with Crippen LogP contribution in [-0.4, -0.2) is 22.9 Å². The largest absolute Gasteiger partial charge is 0.464 e. The van der Waals surface area contributed by atoms with Crippen LogP contribution in [0, 0.1) is 11.6 Å². The molecule has 0 aliphatic carbocycles. The first-order chi connectivity index (χ1) is 9.51. The van der Waals surface area contributed by atoms with Crippen molar-refractivity contribution in [3.05, 3.63) is 63.6 Å². The second-order valence-electron chi connectivity index (χ2n) is 3.94. The Morgan fingerprint density at radius 2 is 2.05 bits per heavy atom. The number of benzene rings is 1. The molecule has 0 bridgehead atoms. The van der Waals surface area contributed by atoms with Gasteiger partial charge in [-0.2, -0.15) is 5.10 Å². The van der Waals surface area contributed by atoms with Gasteiger partial charge in [-0.05, 0) is 12.1 Å². The summed E-state index contributed by atoms with van der Waals surface area (Å²) in [5.41, 5.74) is -0.501. The third kappa shape index (κ3) is 2.87. The van der Waals surface area contributed by atoms with Gasteiger partial charge in [0.25, 0.3) is 5.56 Å². The molecular weight excluding hydrogens is 270 g/mol. The summed E-state index contributed by atoms with van der Waals surface area (Å²) in [6.07, 6.45) is 0. The quantitative estimate of drug-likeness (QED) is 0.796. The summed E-state index contributed by atoms with van der Waals surface area (Å²) >= 11 is 0. The summed E-state index contributed by atoms with van der Waals surface area (Å²) in [6.45, 7) is -0.213. The van der Waals surface area contributed by atoms with Gasteiger partial charge in [-0.25, -0.2) is 18.3 Å². The molecule has 0 aliphatic rings. The Kier molecular flexibility index (Phi) is 3.88. The highest BCUT2D eigenvalue weighted by atomic mass is 19.1. The molecule has 0 atom stereocenters. The minimum atomic E-state index is -0.790. The van der Waals surface area contributed by atoms with E-state index in [2.05, 4.69) is 9.84 Å². The molecule has 2 aromatic rings. The predicted octanol–water partition coefficient (Wildman–Crippen LogP) is 1.36. The van der Waals surface area contributed by atoms with Crippen LogP contribution in [0.2, 0.25) is 0 Å². The lowest BCUT2D eigenvalue weighted by molar-refractivity contribution is 0.0591. The second kappa shape index (κ2) is 5.60. The molecule has 0 fully saturated rings. The number of hydrogen-bond donors (Lipinski definition) is 0. The predicted molar refractivity (Wildman–Crippen MR) is 65.3 cm³/mol. The number of methoxy groups -OCH3 is 1. The third-order valence-corrected chi connectivity index (χ3v) is 2.60. The molecular formula is C13H10F2N2O3. The molecule has 1 heterocycles. The van der Waals surface area contributed by atoms with Gasteiger partial charge < -0.3 is 4.74 Å². The summed E-state index contributed by atoms with van der Waals surface area (Å²) in [4.78, 5) is 22.9. The van der Waals surface area contributed by atoms with E-state index >= 15 is 0 Å². The number of ether oxygens (including phenoxy) is 1. The van der Waals surface area contributed by atoms with Gasteiger partial charge in [-0.3, -0.25) is 4.79 Å². The molecule has 5 nitrogen and oxygen atoms in total. The maximum Gasteiger partial charge on any atom is 0.358 e. The van der Waals surface area contributed by atoms with Gasteiger partial charge in [0.05, 0.1) is 13.7 Å². The Hall–Kier alpha value is -2.57. The summed E-state index contributed by atoms with van der Waals surface area (Å²) in [5, 5.41) is 3.77. The van der Waals surface area contributed by atoms with Gasteiger partial charge in [0.2, 0.25) is 0 Å². The fraction of sp³-hybridized carbons (Fsp3) is 0.154. The fourth-order valence-electron chi connectivity index (χ4n) is 1.59. The molecule has 1 aromatic carbocycles. The molecule has 0 saturated heterocycles. The number of nitrogens with zero attached hydrogens (tertiary/aromatic N) is 2. The Morgan fingerprint density at radius 3 is 2.70 bits per heavy atom. The Morgan fingerprint density at radius 1 is 1.30 bits per heavy atom. The minimum absolute atomic E-state index is 0.0744. The van der Waals surface area contributed by atoms with Gasteiger partial charge >= 0.3 is 5.97 Å². The average Bonchev–Trinajstić information content (AvgIpc) is 2.43. The molecule has 0 unspecified atom stereocenters. The highest BCUT2D eigenvalue weighted by Crippen LogP contribution is 2.10. The molecule has 7 heteroatoms. The zero-order valence-corrected chi connectivity index (χ0v) is 10.5. The highest BCUT2D eigenvalue weighted by Gasteiger charge is 2.11. The summed E-state index contributed by atoms with van der Waals surface area (Å²) in [6, 6.07) is 5.34. The molecule has 0 spiro atoms. The first-order valence-electron chi connectivity index (χ1n) is 5.61. The molecule has 20 heavy (non-hydrogen) atoms. The van der Waals surface area contributed by atoms with Crippen molar-refractivity contribution >= 4 is 5.97 Å². The Labute approximate surface area is 112 Å². The van der Waals surface area contributed by atoms with E-state index in [4.69, 9.17) is 0 Å². The number of aromatic nitrogens is 2. The monoisotopic (exact) mass is 280 g/mol. The number of carbonyl (C=O) groups is 1. The van der Waals surface area contributed by atoms with Crippen LogP contribution in [0.1, 0.15) is 16.1 Å².